The Morgan fingerprint density at radius 2 is 1.72 bits per heavy atom. The SMILES string of the molecule is CCOC(=O)C1=C(C)C(Br)=N/C1=C\c1[nH]c(C)c(C(=O)OCC)c1C. The van der Waals surface area contributed by atoms with Crippen molar-refractivity contribution < 1.29 is 19.1 Å². The van der Waals surface area contributed by atoms with Crippen molar-refractivity contribution in [2.24, 2.45) is 4.99 Å². The van der Waals surface area contributed by atoms with Gasteiger partial charge in [-0.15, -0.1) is 0 Å². The predicted molar refractivity (Wildman–Crippen MR) is 99.9 cm³/mol. The van der Waals surface area contributed by atoms with E-state index in [2.05, 4.69) is 25.9 Å². The maximum atomic E-state index is 12.3. The van der Waals surface area contributed by atoms with Crippen LogP contribution in [0.25, 0.3) is 6.08 Å². The largest absolute Gasteiger partial charge is 0.462 e. The summed E-state index contributed by atoms with van der Waals surface area (Å²) in [6, 6.07) is 0. The van der Waals surface area contributed by atoms with E-state index < -0.39 is 5.97 Å². The minimum Gasteiger partial charge on any atom is -0.462 e. The van der Waals surface area contributed by atoms with E-state index in [-0.39, 0.29) is 12.6 Å². The lowest BCUT2D eigenvalue weighted by molar-refractivity contribution is -0.138. The molecule has 0 saturated carbocycles. The van der Waals surface area contributed by atoms with E-state index in [0.29, 0.717) is 39.4 Å². The number of H-pyrrole nitrogens is 1. The first-order chi connectivity index (χ1) is 11.8. The number of nitrogens with zero attached hydrogens (tertiary/aromatic N) is 1. The Morgan fingerprint density at radius 3 is 2.32 bits per heavy atom. The lowest BCUT2D eigenvalue weighted by Crippen LogP contribution is -2.09. The molecular weight excluding hydrogens is 388 g/mol. The van der Waals surface area contributed by atoms with Gasteiger partial charge in [-0.25, -0.2) is 14.6 Å². The highest BCUT2D eigenvalue weighted by molar-refractivity contribution is 9.18. The summed E-state index contributed by atoms with van der Waals surface area (Å²) in [4.78, 5) is 31.9. The smallest absolute Gasteiger partial charge is 0.340 e. The van der Waals surface area contributed by atoms with Crippen LogP contribution >= 0.6 is 15.9 Å². The Kier molecular flexibility index (Phi) is 6.00. The summed E-state index contributed by atoms with van der Waals surface area (Å²) in [6.07, 6.45) is 1.75. The van der Waals surface area contributed by atoms with E-state index in [0.717, 1.165) is 11.1 Å². The maximum absolute atomic E-state index is 12.3. The van der Waals surface area contributed by atoms with E-state index >= 15 is 0 Å². The van der Waals surface area contributed by atoms with Crippen LogP contribution in [0, 0.1) is 13.8 Å². The van der Waals surface area contributed by atoms with Gasteiger partial charge in [0.15, 0.2) is 0 Å². The molecule has 0 aromatic carbocycles. The summed E-state index contributed by atoms with van der Waals surface area (Å²) in [5.41, 5.74) is 4.30. The van der Waals surface area contributed by atoms with Crippen LogP contribution in [-0.4, -0.2) is 34.8 Å². The molecule has 2 rings (SSSR count). The number of rotatable bonds is 5. The van der Waals surface area contributed by atoms with E-state index in [1.807, 2.05) is 13.8 Å². The number of carbonyl (C=O) groups excluding carboxylic acids is 2. The molecule has 0 fully saturated rings. The van der Waals surface area contributed by atoms with Crippen molar-refractivity contribution >= 4 is 38.6 Å². The van der Waals surface area contributed by atoms with Gasteiger partial charge in [-0.1, -0.05) is 0 Å². The molecule has 134 valence electrons. The van der Waals surface area contributed by atoms with Crippen molar-refractivity contribution in [2.75, 3.05) is 13.2 Å². The average Bonchev–Trinajstić information content (AvgIpc) is 2.96. The van der Waals surface area contributed by atoms with Crippen molar-refractivity contribution in [1.29, 1.82) is 0 Å². The zero-order chi connectivity index (χ0) is 18.7. The molecule has 1 aliphatic rings. The molecule has 0 aliphatic carbocycles. The number of esters is 2. The minimum absolute atomic E-state index is 0.286. The van der Waals surface area contributed by atoms with Gasteiger partial charge < -0.3 is 14.5 Å². The number of aryl methyl sites for hydroxylation is 1. The summed E-state index contributed by atoms with van der Waals surface area (Å²) in [6.45, 7) is 9.56. The molecule has 0 atom stereocenters. The Hall–Kier alpha value is -2.15. The van der Waals surface area contributed by atoms with Gasteiger partial charge in [0.1, 0.15) is 4.62 Å². The molecule has 1 N–H and O–H groups in total. The number of allylic oxidation sites excluding steroid dienone is 1. The first-order valence-corrected chi connectivity index (χ1v) is 8.81. The molecule has 0 amide bonds. The second-order valence-electron chi connectivity index (χ2n) is 5.54. The third-order valence-corrected chi connectivity index (χ3v) is 4.65. The lowest BCUT2D eigenvalue weighted by atomic mass is 10.1. The summed E-state index contributed by atoms with van der Waals surface area (Å²) in [5, 5.41) is 0. The van der Waals surface area contributed by atoms with Crippen LogP contribution in [0.15, 0.2) is 21.8 Å². The predicted octanol–water partition coefficient (Wildman–Crippen LogP) is 3.84. The van der Waals surface area contributed by atoms with Crippen LogP contribution in [0.5, 0.6) is 0 Å². The van der Waals surface area contributed by atoms with Crippen LogP contribution in [0.2, 0.25) is 0 Å². The Morgan fingerprint density at radius 1 is 1.12 bits per heavy atom. The first kappa shape index (κ1) is 19.2. The van der Waals surface area contributed by atoms with Gasteiger partial charge in [0.05, 0.1) is 30.0 Å². The van der Waals surface area contributed by atoms with Crippen molar-refractivity contribution in [1.82, 2.24) is 4.98 Å². The van der Waals surface area contributed by atoms with Crippen molar-refractivity contribution in [3.63, 3.8) is 0 Å². The standard InChI is InChI=1S/C18H21BrN2O4/c1-6-24-17(22)14-9(3)12(20-11(14)5)8-13-15(18(23)25-7-2)10(4)16(19)21-13/h8,20H,6-7H2,1-5H3/b13-8-. The van der Waals surface area contributed by atoms with Crippen LogP contribution in [-0.2, 0) is 14.3 Å². The number of nitrogens with one attached hydrogen (secondary N) is 1. The second-order valence-corrected chi connectivity index (χ2v) is 6.29. The monoisotopic (exact) mass is 408 g/mol. The maximum Gasteiger partial charge on any atom is 0.340 e. The normalized spacial score (nSPS) is 15.6. The molecule has 1 aromatic heterocycles. The molecule has 7 heteroatoms. The van der Waals surface area contributed by atoms with E-state index in [1.54, 1.807) is 26.8 Å². The summed E-state index contributed by atoms with van der Waals surface area (Å²) in [5.74, 6) is -0.789. The van der Waals surface area contributed by atoms with Crippen molar-refractivity contribution in [2.45, 2.75) is 34.6 Å². The molecule has 0 bridgehead atoms. The highest BCUT2D eigenvalue weighted by Crippen LogP contribution is 2.31. The second kappa shape index (κ2) is 7.82. The first-order valence-electron chi connectivity index (χ1n) is 8.02. The average molecular weight is 409 g/mol. The van der Waals surface area contributed by atoms with Gasteiger partial charge >= 0.3 is 11.9 Å². The molecule has 6 nitrogen and oxygen atoms in total. The summed E-state index contributed by atoms with van der Waals surface area (Å²) >= 11 is 3.36. The molecule has 25 heavy (non-hydrogen) atoms. The van der Waals surface area contributed by atoms with Gasteiger partial charge in [-0.05, 0) is 67.8 Å². The molecule has 0 radical (unpaired) electrons. The van der Waals surface area contributed by atoms with E-state index in [1.165, 1.54) is 0 Å². The number of carbonyl (C=O) groups is 2. The number of halogens is 1. The number of aliphatic imine (C=N–C) groups is 1. The number of aromatic nitrogens is 1. The molecule has 0 unspecified atom stereocenters. The molecule has 1 aliphatic heterocycles. The quantitative estimate of drug-likeness (QED) is 0.750. The zero-order valence-electron chi connectivity index (χ0n) is 14.9. The van der Waals surface area contributed by atoms with Crippen LogP contribution in [0.1, 0.15) is 48.1 Å². The summed E-state index contributed by atoms with van der Waals surface area (Å²) < 4.78 is 10.8. The van der Waals surface area contributed by atoms with Gasteiger partial charge in [0.2, 0.25) is 0 Å². The Bertz CT molecular complexity index is 815. The fourth-order valence-corrected chi connectivity index (χ4v) is 3.06. The van der Waals surface area contributed by atoms with Crippen molar-refractivity contribution in [3.05, 3.63) is 39.4 Å². The third-order valence-electron chi connectivity index (χ3n) is 3.88. The third kappa shape index (κ3) is 3.76. The number of ether oxygens (including phenoxy) is 2. The highest BCUT2D eigenvalue weighted by atomic mass is 79.9. The topological polar surface area (TPSA) is 80.8 Å². The summed E-state index contributed by atoms with van der Waals surface area (Å²) in [7, 11) is 0. The number of aromatic amines is 1. The molecule has 2 heterocycles. The molecule has 1 aromatic rings. The van der Waals surface area contributed by atoms with E-state index in [4.69, 9.17) is 9.47 Å². The van der Waals surface area contributed by atoms with Crippen LogP contribution in [0.4, 0.5) is 0 Å². The molecule has 0 spiro atoms. The van der Waals surface area contributed by atoms with Gasteiger partial charge in [0.25, 0.3) is 0 Å². The number of hydrogen-bond donors (Lipinski definition) is 1. The zero-order valence-corrected chi connectivity index (χ0v) is 16.5. The highest BCUT2D eigenvalue weighted by Gasteiger charge is 2.27. The van der Waals surface area contributed by atoms with E-state index in [9.17, 15) is 9.59 Å². The molecular formula is C18H21BrN2O4. The fraction of sp³-hybridized carbons (Fsp3) is 0.389. The van der Waals surface area contributed by atoms with Gasteiger partial charge in [0, 0.05) is 11.4 Å². The lowest BCUT2D eigenvalue weighted by Gasteiger charge is -2.05. The van der Waals surface area contributed by atoms with Crippen LogP contribution < -0.4 is 0 Å². The van der Waals surface area contributed by atoms with Gasteiger partial charge in [-0.2, -0.15) is 0 Å². The number of hydrogen-bond acceptors (Lipinski definition) is 5. The van der Waals surface area contributed by atoms with Crippen LogP contribution in [0.3, 0.4) is 0 Å². The van der Waals surface area contributed by atoms with Crippen molar-refractivity contribution in [3.8, 4) is 0 Å². The Balaban J connectivity index is 2.48. The van der Waals surface area contributed by atoms with Gasteiger partial charge in [-0.3, -0.25) is 0 Å². The fourth-order valence-electron chi connectivity index (χ4n) is 2.67. The minimum atomic E-state index is -0.420. The Labute approximate surface area is 155 Å². The molecule has 0 saturated heterocycles.